The van der Waals surface area contributed by atoms with Crippen LogP contribution < -0.4 is 25.3 Å². The normalized spacial score (nSPS) is 10.9. The van der Waals surface area contributed by atoms with Crippen LogP contribution in [0.25, 0.3) is 0 Å². The number of amides is 1. The molecular weight excluding hydrogens is 434 g/mol. The van der Waals surface area contributed by atoms with E-state index < -0.39 is 0 Å². The summed E-state index contributed by atoms with van der Waals surface area (Å²) in [6.07, 6.45) is 0.629. The predicted molar refractivity (Wildman–Crippen MR) is 130 cm³/mol. The Labute approximate surface area is 199 Å². The van der Waals surface area contributed by atoms with Crippen molar-refractivity contribution in [3.8, 4) is 17.2 Å². The maximum absolute atomic E-state index is 12.1. The molecule has 0 spiro atoms. The number of ether oxygens (including phenoxy) is 3. The zero-order valence-corrected chi connectivity index (χ0v) is 19.3. The smallest absolute Gasteiger partial charge is 0.260 e. The van der Waals surface area contributed by atoms with E-state index in [-0.39, 0.29) is 18.3 Å². The Morgan fingerprint density at radius 1 is 0.882 bits per heavy atom. The molecule has 0 radical (unpaired) electrons. The van der Waals surface area contributed by atoms with Gasteiger partial charge in [-0.15, -0.1) is 0 Å². The molecule has 0 heterocycles. The number of hydrogen-bond donors (Lipinski definition) is 2. The average Bonchev–Trinajstić information content (AvgIpc) is 2.88. The highest BCUT2D eigenvalue weighted by atomic mass is 16.6. The van der Waals surface area contributed by atoms with Gasteiger partial charge in [0.1, 0.15) is 12.4 Å². The van der Waals surface area contributed by atoms with Crippen LogP contribution >= 0.6 is 0 Å². The zero-order valence-electron chi connectivity index (χ0n) is 19.3. The van der Waals surface area contributed by atoms with Gasteiger partial charge in [-0.3, -0.25) is 4.79 Å². The molecule has 0 fully saturated rings. The van der Waals surface area contributed by atoms with E-state index in [0.717, 1.165) is 11.1 Å². The number of nitrogens with two attached hydrogens (primary N) is 1. The summed E-state index contributed by atoms with van der Waals surface area (Å²) >= 11 is 0. The third-order valence-corrected chi connectivity index (χ3v) is 4.94. The van der Waals surface area contributed by atoms with E-state index >= 15 is 0 Å². The standard InChI is InChI=1S/C26H29N3O5/c1-31-23-13-12-19(16-24(23)32-2)14-15-28-25(30)18-34-29-26(27)21-10-6-7-11-22(21)33-17-20-8-4-3-5-9-20/h3-13,16H,14-15,17-18H2,1-2H3,(H2,27,29)(H,28,30). The minimum Gasteiger partial charge on any atom is -0.493 e. The monoisotopic (exact) mass is 463 g/mol. The number of para-hydroxylation sites is 1. The molecule has 178 valence electrons. The number of carbonyl (C=O) groups is 1. The summed E-state index contributed by atoms with van der Waals surface area (Å²) in [5.41, 5.74) is 8.70. The van der Waals surface area contributed by atoms with Gasteiger partial charge in [-0.2, -0.15) is 0 Å². The number of nitrogens with one attached hydrogen (secondary N) is 1. The summed E-state index contributed by atoms with van der Waals surface area (Å²) < 4.78 is 16.4. The highest BCUT2D eigenvalue weighted by Gasteiger charge is 2.09. The predicted octanol–water partition coefficient (Wildman–Crippen LogP) is 3.28. The maximum atomic E-state index is 12.1. The lowest BCUT2D eigenvalue weighted by molar-refractivity contribution is -0.125. The van der Waals surface area contributed by atoms with Gasteiger partial charge < -0.3 is 30.1 Å². The van der Waals surface area contributed by atoms with E-state index in [4.69, 9.17) is 24.8 Å². The minimum atomic E-state index is -0.300. The molecular formula is C26H29N3O5. The van der Waals surface area contributed by atoms with Crippen LogP contribution in [0.2, 0.25) is 0 Å². The first kappa shape index (κ1) is 24.4. The number of benzene rings is 3. The number of carbonyl (C=O) groups excluding carboxylic acids is 1. The van der Waals surface area contributed by atoms with Gasteiger partial charge in [0.25, 0.3) is 5.91 Å². The maximum Gasteiger partial charge on any atom is 0.260 e. The molecule has 0 unspecified atom stereocenters. The SMILES string of the molecule is COc1ccc(CCNC(=O)CO/N=C(/N)c2ccccc2OCc2ccccc2)cc1OC. The van der Waals surface area contributed by atoms with Gasteiger partial charge in [0.15, 0.2) is 23.9 Å². The van der Waals surface area contributed by atoms with E-state index in [1.54, 1.807) is 20.3 Å². The molecule has 3 aromatic rings. The molecule has 0 aromatic heterocycles. The molecule has 3 N–H and O–H groups in total. The van der Waals surface area contributed by atoms with Crippen LogP contribution in [0, 0.1) is 0 Å². The molecule has 0 aliphatic rings. The van der Waals surface area contributed by atoms with Gasteiger partial charge in [-0.25, -0.2) is 0 Å². The Bertz CT molecular complexity index is 1100. The summed E-state index contributed by atoms with van der Waals surface area (Å²) in [6.45, 7) is 0.584. The molecule has 0 saturated carbocycles. The van der Waals surface area contributed by atoms with Crippen LogP contribution in [0.5, 0.6) is 17.2 Å². The molecule has 0 bridgehead atoms. The second-order valence-corrected chi connectivity index (χ2v) is 7.31. The van der Waals surface area contributed by atoms with E-state index in [9.17, 15) is 4.79 Å². The van der Waals surface area contributed by atoms with Crippen molar-refractivity contribution in [3.63, 3.8) is 0 Å². The van der Waals surface area contributed by atoms with Crippen molar-refractivity contribution in [1.29, 1.82) is 0 Å². The van der Waals surface area contributed by atoms with Gasteiger partial charge in [-0.05, 0) is 41.8 Å². The number of nitrogens with zero attached hydrogens (tertiary/aromatic N) is 1. The van der Waals surface area contributed by atoms with Crippen LogP contribution in [0.3, 0.4) is 0 Å². The summed E-state index contributed by atoms with van der Waals surface area (Å²) in [6, 6.07) is 22.7. The minimum absolute atomic E-state index is 0.127. The van der Waals surface area contributed by atoms with Crippen molar-refractivity contribution < 1.29 is 23.8 Å². The van der Waals surface area contributed by atoms with Gasteiger partial charge in [0.05, 0.1) is 19.8 Å². The van der Waals surface area contributed by atoms with Crippen molar-refractivity contribution in [3.05, 3.63) is 89.5 Å². The molecule has 8 nitrogen and oxygen atoms in total. The van der Waals surface area contributed by atoms with Gasteiger partial charge in [0.2, 0.25) is 0 Å². The number of amidine groups is 1. The highest BCUT2D eigenvalue weighted by Crippen LogP contribution is 2.27. The lowest BCUT2D eigenvalue weighted by atomic mass is 10.1. The lowest BCUT2D eigenvalue weighted by Crippen LogP contribution is -2.29. The van der Waals surface area contributed by atoms with Crippen molar-refractivity contribution in [2.24, 2.45) is 10.9 Å². The Morgan fingerprint density at radius 3 is 2.38 bits per heavy atom. The first-order valence-corrected chi connectivity index (χ1v) is 10.8. The second-order valence-electron chi connectivity index (χ2n) is 7.31. The van der Waals surface area contributed by atoms with Crippen LogP contribution in [0.4, 0.5) is 0 Å². The Morgan fingerprint density at radius 2 is 1.62 bits per heavy atom. The third-order valence-electron chi connectivity index (χ3n) is 4.94. The molecule has 0 atom stereocenters. The molecule has 34 heavy (non-hydrogen) atoms. The third kappa shape index (κ3) is 7.16. The molecule has 1 amide bonds. The van der Waals surface area contributed by atoms with Gasteiger partial charge in [0, 0.05) is 6.54 Å². The summed E-state index contributed by atoms with van der Waals surface area (Å²) in [5, 5.41) is 6.67. The molecule has 0 saturated heterocycles. The Kier molecular flexibility index (Phi) is 9.16. The highest BCUT2D eigenvalue weighted by molar-refractivity contribution is 5.99. The van der Waals surface area contributed by atoms with Crippen molar-refractivity contribution in [1.82, 2.24) is 5.32 Å². The average molecular weight is 464 g/mol. The fraction of sp³-hybridized carbons (Fsp3) is 0.231. The molecule has 3 rings (SSSR count). The molecule has 8 heteroatoms. The van der Waals surface area contributed by atoms with Gasteiger partial charge in [-0.1, -0.05) is 53.7 Å². The van der Waals surface area contributed by atoms with Gasteiger partial charge >= 0.3 is 0 Å². The number of rotatable bonds is 12. The fourth-order valence-electron chi connectivity index (χ4n) is 3.18. The Hall–Kier alpha value is -4.20. The quantitative estimate of drug-likeness (QED) is 0.243. The molecule has 3 aromatic carbocycles. The fourth-order valence-corrected chi connectivity index (χ4v) is 3.18. The Balaban J connectivity index is 1.46. The zero-order chi connectivity index (χ0) is 24.2. The van der Waals surface area contributed by atoms with Crippen molar-refractivity contribution >= 4 is 11.7 Å². The lowest BCUT2D eigenvalue weighted by Gasteiger charge is -2.11. The first-order chi connectivity index (χ1) is 16.6. The summed E-state index contributed by atoms with van der Waals surface area (Å²) in [7, 11) is 3.17. The van der Waals surface area contributed by atoms with Crippen LogP contribution in [-0.2, 0) is 22.7 Å². The van der Waals surface area contributed by atoms with Crippen molar-refractivity contribution in [2.45, 2.75) is 13.0 Å². The second kappa shape index (κ2) is 12.7. The van der Waals surface area contributed by atoms with Crippen LogP contribution in [0.1, 0.15) is 16.7 Å². The molecule has 0 aliphatic heterocycles. The summed E-state index contributed by atoms with van der Waals surface area (Å²) in [5.74, 6) is 1.71. The van der Waals surface area contributed by atoms with Crippen LogP contribution in [-0.4, -0.2) is 39.1 Å². The number of hydrogen-bond acceptors (Lipinski definition) is 6. The summed E-state index contributed by atoms with van der Waals surface area (Å²) in [4.78, 5) is 17.2. The largest absolute Gasteiger partial charge is 0.493 e. The number of methoxy groups -OCH3 is 2. The van der Waals surface area contributed by atoms with E-state index in [2.05, 4.69) is 10.5 Å². The van der Waals surface area contributed by atoms with Crippen LogP contribution in [0.15, 0.2) is 78.0 Å². The number of oxime groups is 1. The van der Waals surface area contributed by atoms with E-state index in [0.29, 0.717) is 42.4 Å². The van der Waals surface area contributed by atoms with Crippen molar-refractivity contribution in [2.75, 3.05) is 27.4 Å². The molecule has 0 aliphatic carbocycles. The van der Waals surface area contributed by atoms with E-state index in [1.807, 2.05) is 66.7 Å². The van der Waals surface area contributed by atoms with E-state index in [1.165, 1.54) is 0 Å². The first-order valence-electron chi connectivity index (χ1n) is 10.8. The topological polar surface area (TPSA) is 104 Å².